The van der Waals surface area contributed by atoms with Gasteiger partial charge in [-0.1, -0.05) is 13.8 Å². The first-order chi connectivity index (χ1) is 8.01. The Labute approximate surface area is 104 Å². The van der Waals surface area contributed by atoms with E-state index in [1.807, 2.05) is 13.8 Å². The van der Waals surface area contributed by atoms with E-state index in [0.717, 1.165) is 12.8 Å². The van der Waals surface area contributed by atoms with Crippen LogP contribution in [0.5, 0.6) is 0 Å². The van der Waals surface area contributed by atoms with Crippen LogP contribution in [0.4, 0.5) is 0 Å². The van der Waals surface area contributed by atoms with Gasteiger partial charge in [0.15, 0.2) is 0 Å². The van der Waals surface area contributed by atoms with E-state index in [1.165, 1.54) is 0 Å². The van der Waals surface area contributed by atoms with Crippen molar-refractivity contribution < 1.29 is 9.59 Å². The number of carbonyl (C=O) groups is 2. The predicted octanol–water partition coefficient (Wildman–Crippen LogP) is 0.392. The SMILES string of the molecule is CNC(=O)C(CC(C)C)NC(=O)CCCCN. The first-order valence-electron chi connectivity index (χ1n) is 6.22. The van der Waals surface area contributed by atoms with Crippen molar-refractivity contribution in [2.45, 2.75) is 45.6 Å². The molecular weight excluding hydrogens is 218 g/mol. The molecule has 0 aliphatic rings. The molecule has 0 spiro atoms. The molecule has 0 aliphatic carbocycles. The Kier molecular flexibility index (Phi) is 8.40. The largest absolute Gasteiger partial charge is 0.357 e. The van der Waals surface area contributed by atoms with Crippen molar-refractivity contribution in [1.82, 2.24) is 10.6 Å². The van der Waals surface area contributed by atoms with Gasteiger partial charge in [-0.25, -0.2) is 0 Å². The molecule has 0 aromatic heterocycles. The molecule has 0 aromatic rings. The standard InChI is InChI=1S/C12H25N3O2/c1-9(2)8-10(12(17)14-3)15-11(16)6-4-5-7-13/h9-10H,4-8,13H2,1-3H3,(H,14,17)(H,15,16). The molecule has 0 radical (unpaired) electrons. The van der Waals surface area contributed by atoms with Crippen LogP contribution in [-0.4, -0.2) is 31.4 Å². The van der Waals surface area contributed by atoms with Crippen molar-refractivity contribution in [2.24, 2.45) is 11.7 Å². The summed E-state index contributed by atoms with van der Waals surface area (Å²) in [7, 11) is 1.58. The van der Waals surface area contributed by atoms with Crippen LogP contribution in [0.15, 0.2) is 0 Å². The minimum absolute atomic E-state index is 0.0762. The Morgan fingerprint density at radius 1 is 1.24 bits per heavy atom. The van der Waals surface area contributed by atoms with Crippen LogP contribution in [0.3, 0.4) is 0 Å². The monoisotopic (exact) mass is 243 g/mol. The molecule has 2 amide bonds. The molecule has 5 nitrogen and oxygen atoms in total. The van der Waals surface area contributed by atoms with E-state index in [1.54, 1.807) is 7.05 Å². The normalized spacial score (nSPS) is 12.3. The number of hydrogen-bond donors (Lipinski definition) is 3. The lowest BCUT2D eigenvalue weighted by molar-refractivity contribution is -0.129. The third-order valence-corrected chi connectivity index (χ3v) is 2.46. The summed E-state index contributed by atoms with van der Waals surface area (Å²) in [5.74, 6) is 0.153. The first kappa shape index (κ1) is 15.9. The minimum atomic E-state index is -0.426. The third-order valence-electron chi connectivity index (χ3n) is 2.46. The van der Waals surface area contributed by atoms with Gasteiger partial charge >= 0.3 is 0 Å². The molecule has 100 valence electrons. The zero-order valence-electron chi connectivity index (χ0n) is 11.1. The van der Waals surface area contributed by atoms with Crippen molar-refractivity contribution >= 4 is 11.8 Å². The summed E-state index contributed by atoms with van der Waals surface area (Å²) in [5, 5.41) is 5.34. The Morgan fingerprint density at radius 2 is 1.88 bits per heavy atom. The highest BCUT2D eigenvalue weighted by Crippen LogP contribution is 2.05. The maximum atomic E-state index is 11.6. The summed E-state index contributed by atoms with van der Waals surface area (Å²) in [6.45, 7) is 4.64. The zero-order valence-corrected chi connectivity index (χ0v) is 11.1. The maximum Gasteiger partial charge on any atom is 0.242 e. The van der Waals surface area contributed by atoms with Gasteiger partial charge in [0.25, 0.3) is 0 Å². The predicted molar refractivity (Wildman–Crippen MR) is 68.4 cm³/mol. The fraction of sp³-hybridized carbons (Fsp3) is 0.833. The van der Waals surface area contributed by atoms with Crippen molar-refractivity contribution in [2.75, 3.05) is 13.6 Å². The molecule has 5 heteroatoms. The zero-order chi connectivity index (χ0) is 13.3. The van der Waals surface area contributed by atoms with Gasteiger partial charge in [0.05, 0.1) is 0 Å². The van der Waals surface area contributed by atoms with E-state index in [2.05, 4.69) is 10.6 Å². The first-order valence-corrected chi connectivity index (χ1v) is 6.22. The summed E-state index contributed by atoms with van der Waals surface area (Å²) in [5.41, 5.74) is 5.36. The highest BCUT2D eigenvalue weighted by Gasteiger charge is 2.20. The second-order valence-electron chi connectivity index (χ2n) is 4.61. The average molecular weight is 243 g/mol. The Morgan fingerprint density at radius 3 is 2.35 bits per heavy atom. The number of nitrogens with two attached hydrogens (primary N) is 1. The molecule has 0 saturated heterocycles. The number of amides is 2. The highest BCUT2D eigenvalue weighted by atomic mass is 16.2. The number of unbranched alkanes of at least 4 members (excludes halogenated alkanes) is 1. The van der Waals surface area contributed by atoms with Crippen LogP contribution in [0, 0.1) is 5.92 Å². The summed E-state index contributed by atoms with van der Waals surface area (Å²) in [6.07, 6.45) is 2.69. The van der Waals surface area contributed by atoms with Gasteiger partial charge in [-0.3, -0.25) is 9.59 Å². The molecule has 4 N–H and O–H groups in total. The molecular formula is C12H25N3O2. The fourth-order valence-electron chi connectivity index (χ4n) is 1.57. The number of rotatable bonds is 8. The van der Waals surface area contributed by atoms with Gasteiger partial charge in [-0.2, -0.15) is 0 Å². The molecule has 1 atom stereocenters. The van der Waals surface area contributed by atoms with Crippen LogP contribution >= 0.6 is 0 Å². The van der Waals surface area contributed by atoms with Crippen LogP contribution < -0.4 is 16.4 Å². The van der Waals surface area contributed by atoms with Gasteiger partial charge < -0.3 is 16.4 Å². The molecule has 0 fully saturated rings. The Balaban J connectivity index is 4.13. The van der Waals surface area contributed by atoms with E-state index in [9.17, 15) is 9.59 Å². The quantitative estimate of drug-likeness (QED) is 0.539. The molecule has 0 aliphatic heterocycles. The molecule has 0 heterocycles. The number of hydrogen-bond acceptors (Lipinski definition) is 3. The number of likely N-dealkylation sites (N-methyl/N-ethyl adjacent to an activating group) is 1. The van der Waals surface area contributed by atoms with E-state index < -0.39 is 6.04 Å². The van der Waals surface area contributed by atoms with Crippen molar-refractivity contribution in [3.8, 4) is 0 Å². The van der Waals surface area contributed by atoms with Crippen LogP contribution in [-0.2, 0) is 9.59 Å². The van der Waals surface area contributed by atoms with Gasteiger partial charge in [0.1, 0.15) is 6.04 Å². The second kappa shape index (κ2) is 8.98. The lowest BCUT2D eigenvalue weighted by atomic mass is 10.0. The van der Waals surface area contributed by atoms with Crippen molar-refractivity contribution in [3.05, 3.63) is 0 Å². The minimum Gasteiger partial charge on any atom is -0.357 e. The molecule has 0 bridgehead atoms. The van der Waals surface area contributed by atoms with E-state index in [4.69, 9.17) is 5.73 Å². The molecule has 0 rings (SSSR count). The lowest BCUT2D eigenvalue weighted by Gasteiger charge is -2.19. The molecule has 0 saturated carbocycles. The van der Waals surface area contributed by atoms with E-state index in [-0.39, 0.29) is 11.8 Å². The lowest BCUT2D eigenvalue weighted by Crippen LogP contribution is -2.46. The van der Waals surface area contributed by atoms with Gasteiger partial charge in [-0.15, -0.1) is 0 Å². The van der Waals surface area contributed by atoms with Crippen molar-refractivity contribution in [1.29, 1.82) is 0 Å². The smallest absolute Gasteiger partial charge is 0.242 e. The average Bonchev–Trinajstić information content (AvgIpc) is 2.27. The van der Waals surface area contributed by atoms with Crippen molar-refractivity contribution in [3.63, 3.8) is 0 Å². The van der Waals surface area contributed by atoms with E-state index in [0.29, 0.717) is 25.3 Å². The van der Waals surface area contributed by atoms with E-state index >= 15 is 0 Å². The van der Waals surface area contributed by atoms with Crippen LogP contribution in [0.1, 0.15) is 39.5 Å². The van der Waals surface area contributed by atoms with Gasteiger partial charge in [0, 0.05) is 13.5 Å². The van der Waals surface area contributed by atoms with Gasteiger partial charge in [0.2, 0.25) is 11.8 Å². The summed E-state index contributed by atoms with van der Waals surface area (Å²) < 4.78 is 0. The summed E-state index contributed by atoms with van der Waals surface area (Å²) >= 11 is 0. The number of carbonyl (C=O) groups excluding carboxylic acids is 2. The highest BCUT2D eigenvalue weighted by molar-refractivity contribution is 5.87. The van der Waals surface area contributed by atoms with Crippen LogP contribution in [0.25, 0.3) is 0 Å². The molecule has 0 aromatic carbocycles. The Bertz CT molecular complexity index is 242. The van der Waals surface area contributed by atoms with Crippen LogP contribution in [0.2, 0.25) is 0 Å². The molecule has 17 heavy (non-hydrogen) atoms. The third kappa shape index (κ3) is 7.74. The van der Waals surface area contributed by atoms with Gasteiger partial charge in [-0.05, 0) is 31.7 Å². The maximum absolute atomic E-state index is 11.6. The molecule has 1 unspecified atom stereocenters. The fourth-order valence-corrected chi connectivity index (χ4v) is 1.57. The summed E-state index contributed by atoms with van der Waals surface area (Å²) in [6, 6.07) is -0.426. The Hall–Kier alpha value is -1.10. The summed E-state index contributed by atoms with van der Waals surface area (Å²) in [4.78, 5) is 23.2. The number of nitrogens with one attached hydrogen (secondary N) is 2. The topological polar surface area (TPSA) is 84.2 Å². The second-order valence-corrected chi connectivity index (χ2v) is 4.61.